The van der Waals surface area contributed by atoms with Crippen LogP contribution < -0.4 is 15.8 Å². The Morgan fingerprint density at radius 3 is 2.46 bits per heavy atom. The van der Waals surface area contributed by atoms with Crippen LogP contribution in [0.1, 0.15) is 31.7 Å². The molecule has 0 atom stereocenters. The summed E-state index contributed by atoms with van der Waals surface area (Å²) in [5, 5.41) is 15.4. The van der Waals surface area contributed by atoms with Gasteiger partial charge >= 0.3 is 0 Å². The van der Waals surface area contributed by atoms with Gasteiger partial charge < -0.3 is 30.4 Å². The number of benzene rings is 2. The van der Waals surface area contributed by atoms with Crippen molar-refractivity contribution in [3.05, 3.63) is 67.1 Å². The number of hydrogen-bond acceptors (Lipinski definition) is 7. The van der Waals surface area contributed by atoms with Gasteiger partial charge in [0.2, 0.25) is 0 Å². The molecule has 1 aliphatic carbocycles. The number of para-hydroxylation sites is 1. The molecule has 1 fully saturated rings. The summed E-state index contributed by atoms with van der Waals surface area (Å²) in [5.74, 6) is 2.05. The lowest BCUT2D eigenvalue weighted by Crippen LogP contribution is -2.45. The SMILES string of the molecule is CN(C)CCNCC1(O)CCC(n2cc(-c3ccc(Oc4ccccc4)cc3)c3c(N)ncnc32)CC1. The third kappa shape index (κ3) is 5.77. The van der Waals surface area contributed by atoms with Crippen LogP contribution in [0.3, 0.4) is 0 Å². The summed E-state index contributed by atoms with van der Waals surface area (Å²) in [6.45, 7) is 2.45. The number of hydrogen-bond donors (Lipinski definition) is 3. The second-order valence-corrected chi connectivity index (χ2v) is 10.3. The lowest BCUT2D eigenvalue weighted by atomic mass is 9.82. The van der Waals surface area contributed by atoms with Crippen molar-refractivity contribution in [2.75, 3.05) is 39.5 Å². The van der Waals surface area contributed by atoms with Crippen molar-refractivity contribution in [3.63, 3.8) is 0 Å². The van der Waals surface area contributed by atoms with Crippen molar-refractivity contribution < 1.29 is 9.84 Å². The van der Waals surface area contributed by atoms with E-state index in [1.54, 1.807) is 0 Å². The number of aromatic nitrogens is 3. The average molecular weight is 501 g/mol. The molecule has 2 heterocycles. The molecule has 0 aliphatic heterocycles. The van der Waals surface area contributed by atoms with E-state index in [1.807, 2.05) is 54.6 Å². The summed E-state index contributed by atoms with van der Waals surface area (Å²) in [4.78, 5) is 11.0. The highest BCUT2D eigenvalue weighted by atomic mass is 16.5. The second-order valence-electron chi connectivity index (χ2n) is 10.3. The summed E-state index contributed by atoms with van der Waals surface area (Å²) in [5.41, 5.74) is 8.57. The Hall–Kier alpha value is -3.46. The van der Waals surface area contributed by atoms with E-state index in [0.717, 1.165) is 72.4 Å². The molecular formula is C29H36N6O2. The number of nitrogens with one attached hydrogen (secondary N) is 1. The average Bonchev–Trinajstić information content (AvgIpc) is 3.29. The van der Waals surface area contributed by atoms with E-state index in [2.05, 4.69) is 45.0 Å². The van der Waals surface area contributed by atoms with Gasteiger partial charge in [-0.2, -0.15) is 0 Å². The predicted molar refractivity (Wildman–Crippen MR) is 148 cm³/mol. The lowest BCUT2D eigenvalue weighted by Gasteiger charge is -2.37. The van der Waals surface area contributed by atoms with Gasteiger partial charge in [-0.05, 0) is 69.6 Å². The van der Waals surface area contributed by atoms with Gasteiger partial charge in [-0.3, -0.25) is 0 Å². The molecule has 0 radical (unpaired) electrons. The minimum atomic E-state index is -0.669. The first-order valence-corrected chi connectivity index (χ1v) is 12.9. The summed E-state index contributed by atoms with van der Waals surface area (Å²) in [7, 11) is 4.11. The molecule has 1 aliphatic rings. The quantitative estimate of drug-likeness (QED) is 0.292. The third-order valence-corrected chi connectivity index (χ3v) is 7.25. The zero-order valence-corrected chi connectivity index (χ0v) is 21.6. The number of nitrogens with zero attached hydrogens (tertiary/aromatic N) is 4. The van der Waals surface area contributed by atoms with E-state index in [9.17, 15) is 5.11 Å². The highest BCUT2D eigenvalue weighted by Gasteiger charge is 2.34. The van der Waals surface area contributed by atoms with Crippen LogP contribution in [0.2, 0.25) is 0 Å². The zero-order chi connectivity index (χ0) is 25.8. The molecular weight excluding hydrogens is 464 g/mol. The van der Waals surface area contributed by atoms with Crippen LogP contribution in [0.5, 0.6) is 11.5 Å². The molecule has 5 rings (SSSR count). The molecule has 8 heteroatoms. The molecule has 194 valence electrons. The second kappa shape index (κ2) is 10.9. The van der Waals surface area contributed by atoms with Crippen molar-refractivity contribution in [1.29, 1.82) is 0 Å². The van der Waals surface area contributed by atoms with Crippen molar-refractivity contribution in [2.24, 2.45) is 0 Å². The van der Waals surface area contributed by atoms with Gasteiger partial charge in [0.15, 0.2) is 0 Å². The lowest BCUT2D eigenvalue weighted by molar-refractivity contribution is -0.00607. The van der Waals surface area contributed by atoms with Gasteiger partial charge in [0.05, 0.1) is 11.0 Å². The van der Waals surface area contributed by atoms with E-state index in [4.69, 9.17) is 10.5 Å². The fourth-order valence-electron chi connectivity index (χ4n) is 5.15. The topological polar surface area (TPSA) is 101 Å². The number of likely N-dealkylation sites (N-methyl/N-ethyl adjacent to an activating group) is 1. The Morgan fingerprint density at radius 1 is 1.05 bits per heavy atom. The number of fused-ring (bicyclic) bond motifs is 1. The van der Waals surface area contributed by atoms with Crippen molar-refractivity contribution in [1.82, 2.24) is 24.8 Å². The van der Waals surface area contributed by atoms with Crippen LogP contribution in [-0.4, -0.2) is 63.9 Å². The Morgan fingerprint density at radius 2 is 1.76 bits per heavy atom. The van der Waals surface area contributed by atoms with Gasteiger partial charge in [0, 0.05) is 37.4 Å². The first-order valence-electron chi connectivity index (χ1n) is 12.9. The number of aliphatic hydroxyl groups is 1. The highest BCUT2D eigenvalue weighted by molar-refractivity contribution is 6.00. The summed E-state index contributed by atoms with van der Waals surface area (Å²) in [6.07, 6.45) is 6.92. The standard InChI is InChI=1S/C29H36N6O2/c1-34(2)17-16-31-19-29(36)14-12-22(13-15-29)35-18-25(26-27(30)32-20-33-28(26)35)21-8-10-24(11-9-21)37-23-6-4-3-5-7-23/h3-11,18,20,22,31,36H,12-17,19H2,1-2H3,(H2,30,32,33). The highest BCUT2D eigenvalue weighted by Crippen LogP contribution is 2.40. The minimum absolute atomic E-state index is 0.244. The number of rotatable bonds is 9. The Kier molecular flexibility index (Phi) is 7.41. The maximum Gasteiger partial charge on any atom is 0.146 e. The molecule has 37 heavy (non-hydrogen) atoms. The van der Waals surface area contributed by atoms with Gasteiger partial charge in [0.25, 0.3) is 0 Å². The Bertz CT molecular complexity index is 1310. The van der Waals surface area contributed by atoms with Gasteiger partial charge in [-0.1, -0.05) is 30.3 Å². The molecule has 4 N–H and O–H groups in total. The zero-order valence-electron chi connectivity index (χ0n) is 21.6. The van der Waals surface area contributed by atoms with Crippen LogP contribution in [0.25, 0.3) is 22.2 Å². The molecule has 2 aromatic carbocycles. The van der Waals surface area contributed by atoms with E-state index in [0.29, 0.717) is 12.4 Å². The van der Waals surface area contributed by atoms with Crippen LogP contribution in [0.15, 0.2) is 67.1 Å². The summed E-state index contributed by atoms with van der Waals surface area (Å²) >= 11 is 0. The maximum atomic E-state index is 11.1. The molecule has 0 saturated heterocycles. The molecule has 0 amide bonds. The Balaban J connectivity index is 1.34. The first-order chi connectivity index (χ1) is 17.9. The number of anilines is 1. The molecule has 2 aromatic heterocycles. The summed E-state index contributed by atoms with van der Waals surface area (Å²) < 4.78 is 8.19. The molecule has 0 unspecified atom stereocenters. The molecule has 0 bridgehead atoms. The molecule has 0 spiro atoms. The largest absolute Gasteiger partial charge is 0.457 e. The first kappa shape index (κ1) is 25.2. The van der Waals surface area contributed by atoms with Gasteiger partial charge in [0.1, 0.15) is 29.3 Å². The predicted octanol–water partition coefficient (Wildman–Crippen LogP) is 4.47. The maximum absolute atomic E-state index is 11.1. The smallest absolute Gasteiger partial charge is 0.146 e. The number of nitrogens with two attached hydrogens (primary N) is 1. The molecule has 4 aromatic rings. The van der Waals surface area contributed by atoms with E-state index in [-0.39, 0.29) is 6.04 Å². The number of nitrogen functional groups attached to an aromatic ring is 1. The van der Waals surface area contributed by atoms with Crippen molar-refractivity contribution in [3.8, 4) is 22.6 Å². The van der Waals surface area contributed by atoms with Crippen molar-refractivity contribution in [2.45, 2.75) is 37.3 Å². The normalized spacial score (nSPS) is 19.9. The summed E-state index contributed by atoms with van der Waals surface area (Å²) in [6, 6.07) is 18.0. The van der Waals surface area contributed by atoms with Crippen LogP contribution in [0, 0.1) is 0 Å². The minimum Gasteiger partial charge on any atom is -0.457 e. The van der Waals surface area contributed by atoms with Crippen LogP contribution in [0.4, 0.5) is 5.82 Å². The van der Waals surface area contributed by atoms with E-state index < -0.39 is 5.60 Å². The number of ether oxygens (including phenoxy) is 1. The van der Waals surface area contributed by atoms with Crippen molar-refractivity contribution >= 4 is 16.9 Å². The van der Waals surface area contributed by atoms with Gasteiger partial charge in [-0.15, -0.1) is 0 Å². The van der Waals surface area contributed by atoms with Gasteiger partial charge in [-0.25, -0.2) is 9.97 Å². The third-order valence-electron chi connectivity index (χ3n) is 7.25. The molecule has 8 nitrogen and oxygen atoms in total. The van der Waals surface area contributed by atoms with Crippen LogP contribution in [-0.2, 0) is 0 Å². The van der Waals surface area contributed by atoms with E-state index in [1.165, 1.54) is 6.33 Å². The Labute approximate surface area is 218 Å². The van der Waals surface area contributed by atoms with E-state index >= 15 is 0 Å². The fourth-order valence-corrected chi connectivity index (χ4v) is 5.15. The van der Waals surface area contributed by atoms with Crippen LogP contribution >= 0.6 is 0 Å². The molecule has 1 saturated carbocycles. The monoisotopic (exact) mass is 500 g/mol. The fraction of sp³-hybridized carbons (Fsp3) is 0.379.